The first kappa shape index (κ1) is 9.34. The van der Waals surface area contributed by atoms with Gasteiger partial charge in [-0.3, -0.25) is 9.59 Å². The lowest BCUT2D eigenvalue weighted by Gasteiger charge is -2.13. The van der Waals surface area contributed by atoms with Crippen molar-refractivity contribution in [2.45, 2.75) is 6.92 Å². The monoisotopic (exact) mass is 250 g/mol. The van der Waals surface area contributed by atoms with Gasteiger partial charge < -0.3 is 0 Å². The molecule has 1 aromatic rings. The van der Waals surface area contributed by atoms with Crippen molar-refractivity contribution >= 4 is 27.5 Å². The number of fused-ring (bicyclic) bond motifs is 1. The molecule has 1 aliphatic carbocycles. The van der Waals surface area contributed by atoms with Gasteiger partial charge in [-0.1, -0.05) is 18.2 Å². The number of carbonyl (C=O) groups excluding carboxylic acids is 2. The van der Waals surface area contributed by atoms with E-state index in [9.17, 15) is 9.59 Å². The van der Waals surface area contributed by atoms with Crippen LogP contribution in [-0.2, 0) is 0 Å². The Hall–Kier alpha value is -1.22. The van der Waals surface area contributed by atoms with Gasteiger partial charge in [0.05, 0.1) is 4.48 Å². The Morgan fingerprint density at radius 2 is 1.93 bits per heavy atom. The lowest BCUT2D eigenvalue weighted by atomic mass is 9.91. The molecule has 0 fully saturated rings. The molecule has 0 atom stereocenters. The second kappa shape index (κ2) is 3.17. The zero-order chi connectivity index (χ0) is 10.3. The molecule has 3 heteroatoms. The summed E-state index contributed by atoms with van der Waals surface area (Å²) < 4.78 is 0.334. The minimum Gasteiger partial charge on any atom is -0.289 e. The van der Waals surface area contributed by atoms with E-state index in [1.165, 1.54) is 6.08 Å². The SMILES string of the molecule is Cc1cccc2c1C(=O)C=C(Br)C2=O. The predicted octanol–water partition coefficient (Wildman–Crippen LogP) is 2.65. The van der Waals surface area contributed by atoms with E-state index in [1.54, 1.807) is 12.1 Å². The molecule has 0 heterocycles. The molecular weight excluding hydrogens is 244 g/mol. The Morgan fingerprint density at radius 3 is 2.64 bits per heavy atom. The van der Waals surface area contributed by atoms with Crippen molar-refractivity contribution in [3.63, 3.8) is 0 Å². The summed E-state index contributed by atoms with van der Waals surface area (Å²) in [6.45, 7) is 1.83. The first-order valence-corrected chi connectivity index (χ1v) is 4.96. The third-order valence-corrected chi connectivity index (χ3v) is 2.83. The number of halogens is 1. The number of hydrogen-bond acceptors (Lipinski definition) is 2. The maximum atomic E-state index is 11.6. The molecule has 0 aromatic heterocycles. The molecule has 2 rings (SSSR count). The van der Waals surface area contributed by atoms with Gasteiger partial charge in [-0.15, -0.1) is 0 Å². The molecule has 70 valence electrons. The van der Waals surface area contributed by atoms with Crippen LogP contribution in [0, 0.1) is 6.92 Å². The van der Waals surface area contributed by atoms with Gasteiger partial charge in [0.2, 0.25) is 5.78 Å². The van der Waals surface area contributed by atoms with Crippen LogP contribution in [0.15, 0.2) is 28.8 Å². The number of Topliss-reactive ketones (excluding diaryl/α,β-unsaturated/α-hetero) is 1. The van der Waals surface area contributed by atoms with Crippen molar-refractivity contribution in [3.05, 3.63) is 45.4 Å². The molecule has 0 amide bonds. The summed E-state index contributed by atoms with van der Waals surface area (Å²) in [7, 11) is 0. The highest BCUT2D eigenvalue weighted by Crippen LogP contribution is 2.26. The molecule has 0 saturated carbocycles. The lowest BCUT2D eigenvalue weighted by molar-refractivity contribution is 0.0991. The molecule has 0 unspecified atom stereocenters. The molecule has 0 saturated heterocycles. The van der Waals surface area contributed by atoms with Crippen LogP contribution in [0.2, 0.25) is 0 Å². The van der Waals surface area contributed by atoms with Gasteiger partial charge in [0.1, 0.15) is 0 Å². The van der Waals surface area contributed by atoms with E-state index in [4.69, 9.17) is 0 Å². The number of ketones is 2. The third kappa shape index (κ3) is 1.24. The van der Waals surface area contributed by atoms with E-state index < -0.39 is 0 Å². The third-order valence-electron chi connectivity index (χ3n) is 2.24. The van der Waals surface area contributed by atoms with Crippen molar-refractivity contribution in [2.24, 2.45) is 0 Å². The molecule has 2 nitrogen and oxygen atoms in total. The van der Waals surface area contributed by atoms with Gasteiger partial charge in [-0.2, -0.15) is 0 Å². The molecular formula is C11H7BrO2. The minimum atomic E-state index is -0.122. The van der Waals surface area contributed by atoms with Crippen LogP contribution in [0.5, 0.6) is 0 Å². The maximum Gasteiger partial charge on any atom is 0.200 e. The van der Waals surface area contributed by atoms with Gasteiger partial charge in [-0.05, 0) is 28.4 Å². The lowest BCUT2D eigenvalue weighted by Crippen LogP contribution is -2.15. The van der Waals surface area contributed by atoms with Crippen molar-refractivity contribution in [3.8, 4) is 0 Å². The summed E-state index contributed by atoms with van der Waals surface area (Å²) in [6.07, 6.45) is 1.33. The Labute approximate surface area is 89.8 Å². The number of benzene rings is 1. The number of hydrogen-bond donors (Lipinski definition) is 0. The highest BCUT2D eigenvalue weighted by molar-refractivity contribution is 9.12. The number of carbonyl (C=O) groups is 2. The second-order valence-electron chi connectivity index (χ2n) is 3.18. The molecule has 0 aliphatic heterocycles. The summed E-state index contributed by atoms with van der Waals surface area (Å²) in [5.74, 6) is -0.229. The van der Waals surface area contributed by atoms with E-state index in [-0.39, 0.29) is 11.6 Å². The Kier molecular flexibility index (Phi) is 2.11. The first-order valence-electron chi connectivity index (χ1n) is 4.17. The van der Waals surface area contributed by atoms with Crippen LogP contribution in [0.25, 0.3) is 0 Å². The molecule has 1 aromatic carbocycles. The van der Waals surface area contributed by atoms with Crippen LogP contribution in [0.4, 0.5) is 0 Å². The smallest absolute Gasteiger partial charge is 0.200 e. The highest BCUT2D eigenvalue weighted by atomic mass is 79.9. The van der Waals surface area contributed by atoms with E-state index >= 15 is 0 Å². The fourth-order valence-electron chi connectivity index (χ4n) is 1.57. The summed E-state index contributed by atoms with van der Waals surface area (Å²) in [5.41, 5.74) is 1.86. The molecule has 0 spiro atoms. The zero-order valence-corrected chi connectivity index (χ0v) is 9.09. The average Bonchev–Trinajstić information content (AvgIpc) is 2.14. The van der Waals surface area contributed by atoms with Crippen LogP contribution in [0.3, 0.4) is 0 Å². The predicted molar refractivity (Wildman–Crippen MR) is 56.9 cm³/mol. The second-order valence-corrected chi connectivity index (χ2v) is 4.04. The summed E-state index contributed by atoms with van der Waals surface area (Å²) in [5, 5.41) is 0. The Balaban J connectivity index is 2.75. The zero-order valence-electron chi connectivity index (χ0n) is 7.50. The molecule has 0 N–H and O–H groups in total. The average molecular weight is 251 g/mol. The largest absolute Gasteiger partial charge is 0.289 e. The van der Waals surface area contributed by atoms with Gasteiger partial charge in [0.25, 0.3) is 0 Å². The summed E-state index contributed by atoms with van der Waals surface area (Å²) in [4.78, 5) is 23.3. The minimum absolute atomic E-state index is 0.107. The van der Waals surface area contributed by atoms with E-state index in [0.717, 1.165) is 5.56 Å². The summed E-state index contributed by atoms with van der Waals surface area (Å²) in [6, 6.07) is 5.29. The molecule has 1 aliphatic rings. The van der Waals surface area contributed by atoms with Gasteiger partial charge >= 0.3 is 0 Å². The van der Waals surface area contributed by atoms with Crippen LogP contribution < -0.4 is 0 Å². The van der Waals surface area contributed by atoms with Gasteiger partial charge in [0, 0.05) is 17.2 Å². The fraction of sp³-hybridized carbons (Fsp3) is 0.0909. The summed E-state index contributed by atoms with van der Waals surface area (Å²) >= 11 is 3.08. The molecule has 0 bridgehead atoms. The normalized spacial score (nSPS) is 15.1. The number of aryl methyl sites for hydroxylation is 1. The van der Waals surface area contributed by atoms with Crippen LogP contribution in [0.1, 0.15) is 26.3 Å². The van der Waals surface area contributed by atoms with E-state index in [1.807, 2.05) is 13.0 Å². The Bertz CT molecular complexity index is 472. The van der Waals surface area contributed by atoms with Gasteiger partial charge in [-0.25, -0.2) is 0 Å². The first-order chi connectivity index (χ1) is 6.61. The number of rotatable bonds is 0. The quantitative estimate of drug-likeness (QED) is 0.710. The van der Waals surface area contributed by atoms with Crippen molar-refractivity contribution in [2.75, 3.05) is 0 Å². The maximum absolute atomic E-state index is 11.6. The number of allylic oxidation sites excluding steroid dienone is 2. The van der Waals surface area contributed by atoms with Crippen LogP contribution >= 0.6 is 15.9 Å². The molecule has 14 heavy (non-hydrogen) atoms. The highest BCUT2D eigenvalue weighted by Gasteiger charge is 2.24. The standard InChI is InChI=1S/C11H7BrO2/c1-6-3-2-4-7-10(6)9(13)5-8(12)11(7)14/h2-5H,1H3. The van der Waals surface area contributed by atoms with Crippen LogP contribution in [-0.4, -0.2) is 11.6 Å². The van der Waals surface area contributed by atoms with Crippen molar-refractivity contribution in [1.29, 1.82) is 0 Å². The Morgan fingerprint density at radius 1 is 1.21 bits per heavy atom. The van der Waals surface area contributed by atoms with Crippen molar-refractivity contribution in [1.82, 2.24) is 0 Å². The topological polar surface area (TPSA) is 34.1 Å². The van der Waals surface area contributed by atoms with Crippen molar-refractivity contribution < 1.29 is 9.59 Å². The van der Waals surface area contributed by atoms with E-state index in [0.29, 0.717) is 15.6 Å². The fourth-order valence-corrected chi connectivity index (χ4v) is 1.99. The van der Waals surface area contributed by atoms with Gasteiger partial charge in [0.15, 0.2) is 5.78 Å². The van der Waals surface area contributed by atoms with E-state index in [2.05, 4.69) is 15.9 Å². The molecule has 0 radical (unpaired) electrons.